The molecule has 0 unspecified atom stereocenters. The van der Waals surface area contributed by atoms with Gasteiger partial charge in [-0.05, 0) is 25.8 Å². The van der Waals surface area contributed by atoms with Crippen molar-refractivity contribution in [2.45, 2.75) is 71.3 Å². The number of hydrogen-bond donors (Lipinski definition) is 0. The summed E-state index contributed by atoms with van der Waals surface area (Å²) in [6.45, 7) is 9.17. The molecule has 102 valence electrons. The SMILES string of the molecule is CCCCCCCCOC1CCN(CC)CC1. The summed E-state index contributed by atoms with van der Waals surface area (Å²) in [7, 11) is 0. The maximum absolute atomic E-state index is 5.96. The van der Waals surface area contributed by atoms with Gasteiger partial charge in [0.2, 0.25) is 0 Å². The normalized spacial score (nSPS) is 18.7. The fourth-order valence-corrected chi connectivity index (χ4v) is 2.52. The molecule has 0 radical (unpaired) electrons. The van der Waals surface area contributed by atoms with Crippen LogP contribution in [0.4, 0.5) is 0 Å². The maximum atomic E-state index is 5.96. The van der Waals surface area contributed by atoms with Crippen LogP contribution in [0.2, 0.25) is 0 Å². The van der Waals surface area contributed by atoms with E-state index in [1.807, 2.05) is 0 Å². The Hall–Kier alpha value is -0.0800. The smallest absolute Gasteiger partial charge is 0.0599 e. The van der Waals surface area contributed by atoms with E-state index in [1.165, 1.54) is 71.0 Å². The minimum Gasteiger partial charge on any atom is -0.378 e. The van der Waals surface area contributed by atoms with Crippen molar-refractivity contribution >= 4 is 0 Å². The van der Waals surface area contributed by atoms with Gasteiger partial charge in [0.15, 0.2) is 0 Å². The molecule has 1 aliphatic heterocycles. The summed E-state index contributed by atoms with van der Waals surface area (Å²) in [5, 5.41) is 0. The van der Waals surface area contributed by atoms with Gasteiger partial charge in [0.05, 0.1) is 6.10 Å². The lowest BCUT2D eigenvalue weighted by Gasteiger charge is -2.30. The molecule has 1 heterocycles. The molecule has 17 heavy (non-hydrogen) atoms. The van der Waals surface area contributed by atoms with Crippen molar-refractivity contribution in [2.24, 2.45) is 0 Å². The van der Waals surface area contributed by atoms with Crippen LogP contribution in [0.25, 0.3) is 0 Å². The van der Waals surface area contributed by atoms with E-state index < -0.39 is 0 Å². The van der Waals surface area contributed by atoms with E-state index in [1.54, 1.807) is 0 Å². The molecule has 1 rings (SSSR count). The lowest BCUT2D eigenvalue weighted by atomic mass is 10.1. The van der Waals surface area contributed by atoms with E-state index in [-0.39, 0.29) is 0 Å². The fraction of sp³-hybridized carbons (Fsp3) is 1.00. The molecule has 0 aromatic rings. The largest absolute Gasteiger partial charge is 0.378 e. The number of hydrogen-bond acceptors (Lipinski definition) is 2. The second-order valence-corrected chi connectivity index (χ2v) is 5.27. The number of rotatable bonds is 9. The van der Waals surface area contributed by atoms with Crippen LogP contribution < -0.4 is 0 Å². The van der Waals surface area contributed by atoms with Crippen LogP contribution in [0.1, 0.15) is 65.2 Å². The molecule has 2 heteroatoms. The van der Waals surface area contributed by atoms with Crippen LogP contribution in [0.5, 0.6) is 0 Å². The molecule has 0 saturated carbocycles. The molecule has 0 aromatic carbocycles. The van der Waals surface area contributed by atoms with E-state index in [0.717, 1.165) is 6.61 Å². The van der Waals surface area contributed by atoms with E-state index >= 15 is 0 Å². The standard InChI is InChI=1S/C15H31NO/c1-3-5-6-7-8-9-14-17-15-10-12-16(4-2)13-11-15/h15H,3-14H2,1-2H3. The van der Waals surface area contributed by atoms with Crippen LogP contribution in [-0.2, 0) is 4.74 Å². The third-order valence-electron chi connectivity index (χ3n) is 3.83. The van der Waals surface area contributed by atoms with E-state index in [4.69, 9.17) is 4.74 Å². The maximum Gasteiger partial charge on any atom is 0.0599 e. The average Bonchev–Trinajstić information content (AvgIpc) is 2.38. The molecule has 0 bridgehead atoms. The van der Waals surface area contributed by atoms with E-state index in [2.05, 4.69) is 18.7 Å². The van der Waals surface area contributed by atoms with Crippen LogP contribution in [0.15, 0.2) is 0 Å². The lowest BCUT2D eigenvalue weighted by molar-refractivity contribution is 0.00692. The van der Waals surface area contributed by atoms with Gasteiger partial charge in [-0.3, -0.25) is 0 Å². The highest BCUT2D eigenvalue weighted by Gasteiger charge is 2.17. The first-order valence-electron chi connectivity index (χ1n) is 7.70. The fourth-order valence-electron chi connectivity index (χ4n) is 2.52. The zero-order valence-electron chi connectivity index (χ0n) is 11.9. The Labute approximate surface area is 108 Å². The Morgan fingerprint density at radius 1 is 0.941 bits per heavy atom. The van der Waals surface area contributed by atoms with Gasteiger partial charge >= 0.3 is 0 Å². The number of likely N-dealkylation sites (tertiary alicyclic amines) is 1. The molecular weight excluding hydrogens is 210 g/mol. The molecule has 0 spiro atoms. The van der Waals surface area contributed by atoms with E-state index in [0.29, 0.717) is 6.10 Å². The molecule has 1 aliphatic rings. The molecule has 0 atom stereocenters. The van der Waals surface area contributed by atoms with Crippen LogP contribution in [0.3, 0.4) is 0 Å². The van der Waals surface area contributed by atoms with Crippen molar-refractivity contribution in [3.05, 3.63) is 0 Å². The van der Waals surface area contributed by atoms with Gasteiger partial charge in [0, 0.05) is 19.7 Å². The highest BCUT2D eigenvalue weighted by atomic mass is 16.5. The van der Waals surface area contributed by atoms with Crippen molar-refractivity contribution in [1.82, 2.24) is 4.90 Å². The van der Waals surface area contributed by atoms with Crippen molar-refractivity contribution in [2.75, 3.05) is 26.2 Å². The molecule has 1 saturated heterocycles. The van der Waals surface area contributed by atoms with Crippen LogP contribution in [0, 0.1) is 0 Å². The first kappa shape index (κ1) is 15.0. The Bertz CT molecular complexity index is 164. The predicted molar refractivity (Wildman–Crippen MR) is 74.5 cm³/mol. The summed E-state index contributed by atoms with van der Waals surface area (Å²) in [5.74, 6) is 0. The highest BCUT2D eigenvalue weighted by molar-refractivity contribution is 4.71. The van der Waals surface area contributed by atoms with Gasteiger partial charge in [-0.2, -0.15) is 0 Å². The Kier molecular flexibility index (Phi) is 8.72. The van der Waals surface area contributed by atoms with Crippen molar-refractivity contribution in [3.8, 4) is 0 Å². The zero-order chi connectivity index (χ0) is 12.3. The van der Waals surface area contributed by atoms with Gasteiger partial charge in [-0.1, -0.05) is 46.0 Å². The molecular formula is C15H31NO. The zero-order valence-corrected chi connectivity index (χ0v) is 11.9. The highest BCUT2D eigenvalue weighted by Crippen LogP contribution is 2.14. The third kappa shape index (κ3) is 7.05. The molecule has 0 aromatic heterocycles. The van der Waals surface area contributed by atoms with E-state index in [9.17, 15) is 0 Å². The molecule has 0 aliphatic carbocycles. The number of unbranched alkanes of at least 4 members (excludes halogenated alkanes) is 5. The first-order chi connectivity index (χ1) is 8.36. The predicted octanol–water partition coefficient (Wildman–Crippen LogP) is 3.85. The topological polar surface area (TPSA) is 12.5 Å². The minimum absolute atomic E-state index is 0.549. The van der Waals surface area contributed by atoms with Gasteiger partial charge in [0.1, 0.15) is 0 Å². The molecule has 0 N–H and O–H groups in total. The monoisotopic (exact) mass is 241 g/mol. The molecule has 1 fully saturated rings. The summed E-state index contributed by atoms with van der Waals surface area (Å²) < 4.78 is 5.96. The number of piperidine rings is 1. The Balaban J connectivity index is 1.87. The minimum atomic E-state index is 0.549. The average molecular weight is 241 g/mol. The van der Waals surface area contributed by atoms with Crippen molar-refractivity contribution in [3.63, 3.8) is 0 Å². The number of ether oxygens (including phenoxy) is 1. The summed E-state index contributed by atoms with van der Waals surface area (Å²) in [5.41, 5.74) is 0. The first-order valence-corrected chi connectivity index (χ1v) is 7.70. The second-order valence-electron chi connectivity index (χ2n) is 5.27. The van der Waals surface area contributed by atoms with Crippen molar-refractivity contribution < 1.29 is 4.74 Å². The van der Waals surface area contributed by atoms with Gasteiger partial charge in [-0.15, -0.1) is 0 Å². The van der Waals surface area contributed by atoms with Crippen molar-refractivity contribution in [1.29, 1.82) is 0 Å². The molecule has 0 amide bonds. The Morgan fingerprint density at radius 3 is 2.24 bits per heavy atom. The summed E-state index contributed by atoms with van der Waals surface area (Å²) >= 11 is 0. The Morgan fingerprint density at radius 2 is 1.59 bits per heavy atom. The van der Waals surface area contributed by atoms with Gasteiger partial charge in [-0.25, -0.2) is 0 Å². The molecule has 2 nitrogen and oxygen atoms in total. The van der Waals surface area contributed by atoms with Crippen LogP contribution in [-0.4, -0.2) is 37.2 Å². The van der Waals surface area contributed by atoms with Crippen LogP contribution >= 0.6 is 0 Å². The summed E-state index contributed by atoms with van der Waals surface area (Å²) in [6, 6.07) is 0. The van der Waals surface area contributed by atoms with Gasteiger partial charge < -0.3 is 9.64 Å². The quantitative estimate of drug-likeness (QED) is 0.569. The third-order valence-corrected chi connectivity index (χ3v) is 3.83. The number of nitrogens with zero attached hydrogens (tertiary/aromatic N) is 1. The summed E-state index contributed by atoms with van der Waals surface area (Å²) in [6.07, 6.45) is 11.2. The second kappa shape index (κ2) is 9.90. The van der Waals surface area contributed by atoms with Gasteiger partial charge in [0.25, 0.3) is 0 Å². The lowest BCUT2D eigenvalue weighted by Crippen LogP contribution is -2.36. The summed E-state index contributed by atoms with van der Waals surface area (Å²) in [4.78, 5) is 2.52.